The van der Waals surface area contributed by atoms with Crippen LogP contribution in [0.15, 0.2) is 46.9 Å². The first-order valence-corrected chi connectivity index (χ1v) is 8.41. The Balaban J connectivity index is 1.56. The quantitative estimate of drug-likeness (QED) is 0.802. The highest BCUT2D eigenvalue weighted by atomic mass is 16.4. The van der Waals surface area contributed by atoms with Gasteiger partial charge in [0.1, 0.15) is 0 Å². The van der Waals surface area contributed by atoms with E-state index in [1.165, 1.54) is 0 Å². The van der Waals surface area contributed by atoms with Crippen LogP contribution in [0.4, 0.5) is 0 Å². The topological polar surface area (TPSA) is 62.4 Å². The minimum absolute atomic E-state index is 0.199. The summed E-state index contributed by atoms with van der Waals surface area (Å²) in [5.41, 5.74) is 0.967. The molecule has 1 aliphatic rings. The molecule has 2 unspecified atom stereocenters. The molecule has 1 aromatic heterocycles. The monoisotopic (exact) mass is 323 g/mol. The molecular weight excluding hydrogens is 302 g/mol. The molecule has 0 radical (unpaired) electrons. The molecule has 3 aromatic rings. The summed E-state index contributed by atoms with van der Waals surface area (Å²) in [5, 5.41) is 20.6. The lowest BCUT2D eigenvalue weighted by atomic mass is 9.97. The molecule has 124 valence electrons. The molecule has 2 atom stereocenters. The van der Waals surface area contributed by atoms with E-state index in [9.17, 15) is 5.11 Å². The number of likely N-dealkylation sites (tertiary alicyclic amines) is 1. The van der Waals surface area contributed by atoms with Gasteiger partial charge in [-0.25, -0.2) is 0 Å². The van der Waals surface area contributed by atoms with Crippen molar-refractivity contribution in [1.29, 1.82) is 0 Å². The maximum atomic E-state index is 9.84. The molecule has 5 nitrogen and oxygen atoms in total. The van der Waals surface area contributed by atoms with Crippen LogP contribution >= 0.6 is 0 Å². The van der Waals surface area contributed by atoms with Crippen LogP contribution in [0.1, 0.15) is 19.2 Å². The molecule has 0 spiro atoms. The summed E-state index contributed by atoms with van der Waals surface area (Å²) >= 11 is 0. The summed E-state index contributed by atoms with van der Waals surface area (Å²) in [6, 6.07) is 14.3. The fraction of sp³-hybridized carbons (Fsp3) is 0.368. The van der Waals surface area contributed by atoms with Gasteiger partial charge in [0.2, 0.25) is 11.8 Å². The van der Waals surface area contributed by atoms with Gasteiger partial charge < -0.3 is 9.52 Å². The molecule has 4 rings (SSSR count). The van der Waals surface area contributed by atoms with E-state index in [-0.39, 0.29) is 12.0 Å². The Bertz CT molecular complexity index is 840. The minimum Gasteiger partial charge on any atom is -0.419 e. The van der Waals surface area contributed by atoms with Crippen molar-refractivity contribution in [1.82, 2.24) is 15.1 Å². The van der Waals surface area contributed by atoms with Crippen molar-refractivity contribution in [2.45, 2.75) is 26.0 Å². The Kier molecular flexibility index (Phi) is 4.04. The minimum atomic E-state index is -0.199. The summed E-state index contributed by atoms with van der Waals surface area (Å²) < 4.78 is 5.92. The van der Waals surface area contributed by atoms with Gasteiger partial charge in [0.25, 0.3) is 0 Å². The van der Waals surface area contributed by atoms with Crippen LogP contribution in [0.2, 0.25) is 0 Å². The lowest BCUT2D eigenvalue weighted by molar-refractivity contribution is 0.0290. The van der Waals surface area contributed by atoms with Crippen molar-refractivity contribution in [3.63, 3.8) is 0 Å². The van der Waals surface area contributed by atoms with Crippen LogP contribution < -0.4 is 0 Å². The first-order valence-electron chi connectivity index (χ1n) is 8.41. The second kappa shape index (κ2) is 6.34. The van der Waals surface area contributed by atoms with Crippen LogP contribution in [0, 0.1) is 5.92 Å². The fourth-order valence-corrected chi connectivity index (χ4v) is 3.39. The molecule has 1 aliphatic heterocycles. The van der Waals surface area contributed by atoms with Gasteiger partial charge in [-0.15, -0.1) is 10.2 Å². The third-order valence-electron chi connectivity index (χ3n) is 4.79. The van der Waals surface area contributed by atoms with Gasteiger partial charge in [-0.3, -0.25) is 4.90 Å². The molecule has 0 saturated carbocycles. The molecule has 5 heteroatoms. The molecule has 24 heavy (non-hydrogen) atoms. The molecule has 0 bridgehead atoms. The van der Waals surface area contributed by atoms with E-state index in [0.29, 0.717) is 18.3 Å². The third-order valence-corrected chi connectivity index (χ3v) is 4.79. The van der Waals surface area contributed by atoms with Gasteiger partial charge in [-0.2, -0.15) is 0 Å². The summed E-state index contributed by atoms with van der Waals surface area (Å²) in [6.45, 7) is 4.42. The summed E-state index contributed by atoms with van der Waals surface area (Å²) in [7, 11) is 0. The Morgan fingerprint density at radius 3 is 2.88 bits per heavy atom. The molecule has 1 saturated heterocycles. The van der Waals surface area contributed by atoms with Crippen LogP contribution in [0.3, 0.4) is 0 Å². The number of nitrogens with zero attached hydrogens (tertiary/aromatic N) is 3. The standard InChI is InChI=1S/C19H21N3O2/c1-13-11-22(10-9-17(13)23)12-18-20-21-19(24-18)16-8-4-6-14-5-2-3-7-15(14)16/h2-8,13,17,23H,9-12H2,1H3. The van der Waals surface area contributed by atoms with Crippen molar-refractivity contribution in [3.05, 3.63) is 48.4 Å². The molecule has 0 amide bonds. The summed E-state index contributed by atoms with van der Waals surface area (Å²) in [4.78, 5) is 2.26. The Labute approximate surface area is 140 Å². The second-order valence-electron chi connectivity index (χ2n) is 6.60. The first kappa shape index (κ1) is 15.3. The zero-order valence-electron chi connectivity index (χ0n) is 13.7. The lowest BCUT2D eigenvalue weighted by Crippen LogP contribution is -2.41. The molecule has 1 fully saturated rings. The molecule has 2 heterocycles. The number of fused-ring (bicyclic) bond motifs is 1. The van der Waals surface area contributed by atoms with Crippen LogP contribution in [0.25, 0.3) is 22.2 Å². The van der Waals surface area contributed by atoms with Gasteiger partial charge in [0.05, 0.1) is 12.6 Å². The third kappa shape index (κ3) is 2.92. The maximum Gasteiger partial charge on any atom is 0.248 e. The Hall–Kier alpha value is -2.24. The number of piperidine rings is 1. The second-order valence-corrected chi connectivity index (χ2v) is 6.60. The van der Waals surface area contributed by atoms with Crippen molar-refractivity contribution in [3.8, 4) is 11.5 Å². The van der Waals surface area contributed by atoms with Gasteiger partial charge in [-0.05, 0) is 29.2 Å². The average Bonchev–Trinajstić information content (AvgIpc) is 3.06. The lowest BCUT2D eigenvalue weighted by Gasteiger charge is -2.33. The number of aliphatic hydroxyl groups is 1. The van der Waals surface area contributed by atoms with Crippen molar-refractivity contribution >= 4 is 10.8 Å². The van der Waals surface area contributed by atoms with E-state index in [4.69, 9.17) is 4.42 Å². The molecule has 1 N–H and O–H groups in total. The highest BCUT2D eigenvalue weighted by Crippen LogP contribution is 2.28. The zero-order valence-corrected chi connectivity index (χ0v) is 13.7. The van der Waals surface area contributed by atoms with Gasteiger partial charge >= 0.3 is 0 Å². The van der Waals surface area contributed by atoms with Crippen molar-refractivity contribution in [2.24, 2.45) is 5.92 Å². The largest absolute Gasteiger partial charge is 0.419 e. The van der Waals surface area contributed by atoms with E-state index in [1.807, 2.05) is 24.3 Å². The van der Waals surface area contributed by atoms with E-state index in [2.05, 4.69) is 40.2 Å². The number of aliphatic hydroxyl groups excluding tert-OH is 1. The van der Waals surface area contributed by atoms with Crippen LogP contribution in [-0.4, -0.2) is 39.4 Å². The zero-order chi connectivity index (χ0) is 16.5. The summed E-state index contributed by atoms with van der Waals surface area (Å²) in [5.74, 6) is 1.47. The van der Waals surface area contributed by atoms with Gasteiger partial charge in [0, 0.05) is 18.7 Å². The highest BCUT2D eigenvalue weighted by molar-refractivity contribution is 5.94. The highest BCUT2D eigenvalue weighted by Gasteiger charge is 2.25. The van der Waals surface area contributed by atoms with Gasteiger partial charge in [-0.1, -0.05) is 43.3 Å². The van der Waals surface area contributed by atoms with Crippen molar-refractivity contribution < 1.29 is 9.52 Å². The average molecular weight is 323 g/mol. The summed E-state index contributed by atoms with van der Waals surface area (Å²) in [6.07, 6.45) is 0.598. The van der Waals surface area contributed by atoms with E-state index < -0.39 is 0 Å². The fourth-order valence-electron chi connectivity index (χ4n) is 3.39. The number of hydrogen-bond acceptors (Lipinski definition) is 5. The number of aromatic nitrogens is 2. The maximum absolute atomic E-state index is 9.84. The van der Waals surface area contributed by atoms with E-state index >= 15 is 0 Å². The predicted octanol–water partition coefficient (Wildman–Crippen LogP) is 3.09. The van der Waals surface area contributed by atoms with E-state index in [0.717, 1.165) is 35.8 Å². The number of rotatable bonds is 3. The molecular formula is C19H21N3O2. The molecule has 0 aliphatic carbocycles. The van der Waals surface area contributed by atoms with E-state index in [1.54, 1.807) is 0 Å². The van der Waals surface area contributed by atoms with Gasteiger partial charge in [0.15, 0.2) is 0 Å². The Morgan fingerprint density at radius 1 is 1.17 bits per heavy atom. The molecule has 2 aromatic carbocycles. The smallest absolute Gasteiger partial charge is 0.248 e. The SMILES string of the molecule is CC1CN(Cc2nnc(-c3cccc4ccccc34)o2)CCC1O. The van der Waals surface area contributed by atoms with Crippen LogP contribution in [-0.2, 0) is 6.54 Å². The number of benzene rings is 2. The van der Waals surface area contributed by atoms with Crippen LogP contribution in [0.5, 0.6) is 0 Å². The number of hydrogen-bond donors (Lipinski definition) is 1. The normalized spacial score (nSPS) is 22.1. The first-order chi connectivity index (χ1) is 11.7. The van der Waals surface area contributed by atoms with Crippen molar-refractivity contribution in [2.75, 3.05) is 13.1 Å². The predicted molar refractivity (Wildman–Crippen MR) is 92.3 cm³/mol. The Morgan fingerprint density at radius 2 is 2.00 bits per heavy atom.